The maximum absolute atomic E-state index is 13.3. The summed E-state index contributed by atoms with van der Waals surface area (Å²) < 4.78 is 24.7. The number of anilines is 1. The number of fused-ring (bicyclic) bond motifs is 1. The molecule has 5 rings (SSSR count). The first-order chi connectivity index (χ1) is 19.5. The van der Waals surface area contributed by atoms with Crippen molar-refractivity contribution in [3.8, 4) is 5.75 Å². The molecule has 9 heteroatoms. The molecule has 2 heterocycles. The zero-order chi connectivity index (χ0) is 27.9. The number of carbonyl (C=O) groups excluding carboxylic acids is 2. The summed E-state index contributed by atoms with van der Waals surface area (Å²) in [5.74, 6) is 0.320. The first-order valence-corrected chi connectivity index (χ1v) is 14.3. The quantitative estimate of drug-likeness (QED) is 0.380. The lowest BCUT2D eigenvalue weighted by molar-refractivity contribution is -0.151. The summed E-state index contributed by atoms with van der Waals surface area (Å²) in [7, 11) is 1.68. The molecule has 3 aliphatic rings. The molecule has 2 saturated heterocycles. The van der Waals surface area contributed by atoms with Crippen molar-refractivity contribution in [2.75, 3.05) is 57.8 Å². The standard InChI is InChI=1S/C31H39FN4O4/c1-39-26-13-11-25(12-14-26)35-19-17-34(18-20-35)16-4-15-33-30(37)22-36-27-5-2-3-6-28(27)40-29(31(36)38)21-23-7-9-24(32)10-8-23/h7-14,21,27-28H,2-6,15-20,22H2,1H3,(H,33,37)/b29-21+. The average Bonchev–Trinajstić information content (AvgIpc) is 2.99. The Hall–Kier alpha value is -3.59. The van der Waals surface area contributed by atoms with Gasteiger partial charge in [0.2, 0.25) is 5.91 Å². The Morgan fingerprint density at radius 3 is 2.50 bits per heavy atom. The van der Waals surface area contributed by atoms with Crippen LogP contribution in [-0.2, 0) is 14.3 Å². The molecular weight excluding hydrogens is 511 g/mol. The van der Waals surface area contributed by atoms with Crippen LogP contribution in [0.5, 0.6) is 5.75 Å². The Bertz CT molecular complexity index is 1180. The van der Waals surface area contributed by atoms with Gasteiger partial charge in [-0.1, -0.05) is 18.6 Å². The number of benzene rings is 2. The van der Waals surface area contributed by atoms with Crippen LogP contribution in [0.15, 0.2) is 54.3 Å². The fourth-order valence-electron chi connectivity index (χ4n) is 5.84. The Morgan fingerprint density at radius 1 is 1.05 bits per heavy atom. The Labute approximate surface area is 235 Å². The molecule has 2 aliphatic heterocycles. The van der Waals surface area contributed by atoms with Gasteiger partial charge < -0.3 is 24.6 Å². The fraction of sp³-hybridized carbons (Fsp3) is 0.484. The number of nitrogens with zero attached hydrogens (tertiary/aromatic N) is 3. The Morgan fingerprint density at radius 2 is 1.77 bits per heavy atom. The van der Waals surface area contributed by atoms with E-state index in [1.807, 2.05) is 12.1 Å². The number of morpholine rings is 1. The van der Waals surface area contributed by atoms with E-state index < -0.39 is 0 Å². The third kappa shape index (κ3) is 6.94. The Kier molecular flexibility index (Phi) is 9.21. The van der Waals surface area contributed by atoms with E-state index in [4.69, 9.17) is 9.47 Å². The average molecular weight is 551 g/mol. The van der Waals surface area contributed by atoms with E-state index in [0.29, 0.717) is 12.1 Å². The van der Waals surface area contributed by atoms with E-state index >= 15 is 0 Å². The third-order valence-electron chi connectivity index (χ3n) is 8.08. The molecule has 0 spiro atoms. The van der Waals surface area contributed by atoms with E-state index in [9.17, 15) is 14.0 Å². The van der Waals surface area contributed by atoms with E-state index in [2.05, 4.69) is 27.2 Å². The molecule has 214 valence electrons. The van der Waals surface area contributed by atoms with Gasteiger partial charge in [-0.25, -0.2) is 4.39 Å². The largest absolute Gasteiger partial charge is 0.497 e. The van der Waals surface area contributed by atoms with Crippen molar-refractivity contribution in [2.45, 2.75) is 44.2 Å². The lowest BCUT2D eigenvalue weighted by Gasteiger charge is -2.44. The number of hydrogen-bond donors (Lipinski definition) is 1. The van der Waals surface area contributed by atoms with E-state index in [-0.39, 0.29) is 42.1 Å². The fourth-order valence-corrected chi connectivity index (χ4v) is 5.84. The zero-order valence-electron chi connectivity index (χ0n) is 23.2. The molecule has 0 bridgehead atoms. The minimum absolute atomic E-state index is 0.0185. The van der Waals surface area contributed by atoms with Crippen LogP contribution in [0.4, 0.5) is 10.1 Å². The van der Waals surface area contributed by atoms with Crippen LogP contribution >= 0.6 is 0 Å². The predicted octanol–water partition coefficient (Wildman–Crippen LogP) is 3.67. The maximum atomic E-state index is 13.3. The number of rotatable bonds is 9. The van der Waals surface area contributed by atoms with E-state index in [1.165, 1.54) is 17.8 Å². The third-order valence-corrected chi connectivity index (χ3v) is 8.08. The van der Waals surface area contributed by atoms with Gasteiger partial charge in [-0.05, 0) is 80.3 Å². The molecule has 2 atom stereocenters. The van der Waals surface area contributed by atoms with Gasteiger partial charge in [-0.15, -0.1) is 0 Å². The van der Waals surface area contributed by atoms with Crippen LogP contribution in [0.3, 0.4) is 0 Å². The highest BCUT2D eigenvalue weighted by Gasteiger charge is 2.42. The predicted molar refractivity (Wildman–Crippen MR) is 152 cm³/mol. The van der Waals surface area contributed by atoms with Crippen LogP contribution in [0.25, 0.3) is 6.08 Å². The highest BCUT2D eigenvalue weighted by molar-refractivity contribution is 5.98. The van der Waals surface area contributed by atoms with Crippen molar-refractivity contribution in [1.29, 1.82) is 0 Å². The summed E-state index contributed by atoms with van der Waals surface area (Å²) in [6, 6.07) is 14.0. The normalized spacial score (nSPS) is 22.6. The first kappa shape index (κ1) is 28.0. The smallest absolute Gasteiger partial charge is 0.289 e. The number of amides is 2. The van der Waals surface area contributed by atoms with E-state index in [1.54, 1.807) is 30.2 Å². The number of carbonyl (C=O) groups is 2. The molecule has 0 aromatic heterocycles. The molecule has 1 saturated carbocycles. The molecule has 1 N–H and O–H groups in total. The summed E-state index contributed by atoms with van der Waals surface area (Å²) in [4.78, 5) is 32.7. The maximum Gasteiger partial charge on any atom is 0.289 e. The molecule has 3 fully saturated rings. The molecule has 2 amide bonds. The van der Waals surface area contributed by atoms with Crippen LogP contribution in [-0.4, -0.2) is 86.7 Å². The number of halogens is 1. The van der Waals surface area contributed by atoms with Gasteiger partial charge in [0.25, 0.3) is 5.91 Å². The minimum Gasteiger partial charge on any atom is -0.497 e. The lowest BCUT2D eigenvalue weighted by Crippen LogP contribution is -2.57. The van der Waals surface area contributed by atoms with E-state index in [0.717, 1.165) is 70.6 Å². The van der Waals surface area contributed by atoms with Crippen molar-refractivity contribution < 1.29 is 23.5 Å². The second-order valence-electron chi connectivity index (χ2n) is 10.7. The molecule has 1 aliphatic carbocycles. The minimum atomic E-state index is -0.334. The lowest BCUT2D eigenvalue weighted by atomic mass is 9.89. The van der Waals surface area contributed by atoms with Crippen molar-refractivity contribution in [2.24, 2.45) is 0 Å². The number of ether oxygens (including phenoxy) is 2. The molecular formula is C31H39FN4O4. The van der Waals surface area contributed by atoms with Crippen molar-refractivity contribution >= 4 is 23.6 Å². The van der Waals surface area contributed by atoms with Crippen LogP contribution in [0, 0.1) is 5.82 Å². The number of hydrogen-bond acceptors (Lipinski definition) is 6. The molecule has 2 unspecified atom stereocenters. The second-order valence-corrected chi connectivity index (χ2v) is 10.7. The van der Waals surface area contributed by atoms with Crippen molar-refractivity contribution in [3.05, 3.63) is 65.7 Å². The number of piperazine rings is 1. The van der Waals surface area contributed by atoms with Crippen LogP contribution < -0.4 is 15.0 Å². The van der Waals surface area contributed by atoms with Gasteiger partial charge in [0.1, 0.15) is 24.2 Å². The highest BCUT2D eigenvalue weighted by atomic mass is 19.1. The van der Waals surface area contributed by atoms with Gasteiger partial charge in [-0.2, -0.15) is 0 Å². The molecule has 0 radical (unpaired) electrons. The Balaban J connectivity index is 1.08. The van der Waals surface area contributed by atoms with Gasteiger partial charge >= 0.3 is 0 Å². The number of methoxy groups -OCH3 is 1. The monoisotopic (exact) mass is 550 g/mol. The van der Waals surface area contributed by atoms with Crippen LogP contribution in [0.1, 0.15) is 37.7 Å². The topological polar surface area (TPSA) is 74.4 Å². The molecule has 2 aromatic rings. The van der Waals surface area contributed by atoms with Gasteiger partial charge in [0, 0.05) is 38.4 Å². The number of nitrogens with one attached hydrogen (secondary N) is 1. The summed E-state index contributed by atoms with van der Waals surface area (Å²) in [6.45, 7) is 5.40. The molecule has 40 heavy (non-hydrogen) atoms. The van der Waals surface area contributed by atoms with Crippen molar-refractivity contribution in [1.82, 2.24) is 15.1 Å². The van der Waals surface area contributed by atoms with Gasteiger partial charge in [-0.3, -0.25) is 14.5 Å². The second kappa shape index (κ2) is 13.2. The summed E-state index contributed by atoms with van der Waals surface area (Å²) in [6.07, 6.45) is 6.10. The highest BCUT2D eigenvalue weighted by Crippen LogP contribution is 2.33. The molecule has 2 aromatic carbocycles. The van der Waals surface area contributed by atoms with Gasteiger partial charge in [0.15, 0.2) is 5.76 Å². The summed E-state index contributed by atoms with van der Waals surface area (Å²) >= 11 is 0. The summed E-state index contributed by atoms with van der Waals surface area (Å²) in [5, 5.41) is 3.02. The first-order valence-electron chi connectivity index (χ1n) is 14.3. The van der Waals surface area contributed by atoms with Crippen molar-refractivity contribution in [3.63, 3.8) is 0 Å². The van der Waals surface area contributed by atoms with Crippen LogP contribution in [0.2, 0.25) is 0 Å². The van der Waals surface area contributed by atoms with Gasteiger partial charge in [0.05, 0.1) is 13.2 Å². The SMILES string of the molecule is COc1ccc(N2CCN(CCCNC(=O)CN3C(=O)/C(=C\c4ccc(F)cc4)OC4CCCCC43)CC2)cc1. The summed E-state index contributed by atoms with van der Waals surface area (Å²) in [5.41, 5.74) is 1.90. The zero-order valence-corrected chi connectivity index (χ0v) is 23.2. The molecule has 8 nitrogen and oxygen atoms in total.